The highest BCUT2D eigenvalue weighted by Crippen LogP contribution is 2.29. The molecule has 12 heavy (non-hydrogen) atoms. The smallest absolute Gasteiger partial charge is 0.133 e. The monoisotopic (exact) mass is 169 g/mol. The van der Waals surface area contributed by atoms with Crippen molar-refractivity contribution in [3.05, 3.63) is 0 Å². The van der Waals surface area contributed by atoms with Crippen molar-refractivity contribution in [1.82, 2.24) is 5.32 Å². The molecule has 2 nitrogen and oxygen atoms in total. The molecule has 0 heterocycles. The Morgan fingerprint density at radius 1 is 1.50 bits per heavy atom. The molecule has 0 aromatic rings. The second kappa shape index (κ2) is 5.31. The zero-order chi connectivity index (χ0) is 8.81. The van der Waals surface area contributed by atoms with Gasteiger partial charge in [0.15, 0.2) is 0 Å². The van der Waals surface area contributed by atoms with Gasteiger partial charge in [-0.15, -0.1) is 0 Å². The van der Waals surface area contributed by atoms with E-state index in [0.717, 1.165) is 31.7 Å². The van der Waals surface area contributed by atoms with E-state index >= 15 is 0 Å². The molecule has 1 aliphatic carbocycles. The van der Waals surface area contributed by atoms with Gasteiger partial charge in [0, 0.05) is 12.8 Å². The molecular formula is C10H19NO. The summed E-state index contributed by atoms with van der Waals surface area (Å²) in [5.74, 6) is 1.21. The molecule has 1 rings (SSSR count). The minimum Gasteiger partial charge on any atom is -0.320 e. The fraction of sp³-hybridized carbons (Fsp3) is 0.900. The highest BCUT2D eigenvalue weighted by Gasteiger charge is 2.19. The van der Waals surface area contributed by atoms with E-state index in [1.54, 1.807) is 0 Å². The molecule has 0 atom stereocenters. The third-order valence-corrected chi connectivity index (χ3v) is 2.62. The van der Waals surface area contributed by atoms with Crippen molar-refractivity contribution in [1.29, 1.82) is 0 Å². The van der Waals surface area contributed by atoms with Crippen LogP contribution in [-0.2, 0) is 4.79 Å². The maximum atomic E-state index is 11.3. The molecule has 0 unspecified atom stereocenters. The van der Waals surface area contributed by atoms with E-state index in [0.29, 0.717) is 5.78 Å². The molecule has 70 valence electrons. The van der Waals surface area contributed by atoms with Crippen LogP contribution in [0, 0.1) is 5.92 Å². The Hall–Kier alpha value is -0.370. The second-order valence-electron chi connectivity index (χ2n) is 3.75. The predicted molar refractivity (Wildman–Crippen MR) is 50.1 cm³/mol. The molecule has 0 saturated heterocycles. The lowest BCUT2D eigenvalue weighted by atomic mass is 9.81. The lowest BCUT2D eigenvalue weighted by molar-refractivity contribution is -0.120. The Bertz CT molecular complexity index is 141. The van der Waals surface area contributed by atoms with Crippen LogP contribution in [0.15, 0.2) is 0 Å². The normalized spacial score (nSPS) is 17.4. The first-order valence-corrected chi connectivity index (χ1v) is 4.99. The first kappa shape index (κ1) is 9.72. The summed E-state index contributed by atoms with van der Waals surface area (Å²) < 4.78 is 0. The Morgan fingerprint density at radius 3 is 2.75 bits per heavy atom. The molecule has 0 aromatic heterocycles. The van der Waals surface area contributed by atoms with Crippen molar-refractivity contribution in [3.8, 4) is 0 Å². The Morgan fingerprint density at radius 2 is 2.25 bits per heavy atom. The van der Waals surface area contributed by atoms with Gasteiger partial charge < -0.3 is 5.32 Å². The van der Waals surface area contributed by atoms with Gasteiger partial charge in [0.25, 0.3) is 0 Å². The van der Waals surface area contributed by atoms with Gasteiger partial charge in [-0.2, -0.15) is 0 Å². The van der Waals surface area contributed by atoms with E-state index in [9.17, 15) is 4.79 Å². The van der Waals surface area contributed by atoms with E-state index in [-0.39, 0.29) is 0 Å². The second-order valence-corrected chi connectivity index (χ2v) is 3.75. The van der Waals surface area contributed by atoms with Crippen molar-refractivity contribution in [2.45, 2.75) is 38.5 Å². The quantitative estimate of drug-likeness (QED) is 0.614. The van der Waals surface area contributed by atoms with Crippen LogP contribution in [0.1, 0.15) is 38.5 Å². The molecule has 1 saturated carbocycles. The summed E-state index contributed by atoms with van der Waals surface area (Å²) in [4.78, 5) is 11.3. The Balaban J connectivity index is 1.95. The third-order valence-electron chi connectivity index (χ3n) is 2.62. The van der Waals surface area contributed by atoms with Gasteiger partial charge in [-0.05, 0) is 25.9 Å². The lowest BCUT2D eigenvalue weighted by Gasteiger charge is -2.24. The highest BCUT2D eigenvalue weighted by atomic mass is 16.1. The lowest BCUT2D eigenvalue weighted by Crippen LogP contribution is -2.17. The van der Waals surface area contributed by atoms with Crippen LogP contribution in [0.3, 0.4) is 0 Å². The summed E-state index contributed by atoms with van der Waals surface area (Å²) in [6.07, 6.45) is 6.55. The largest absolute Gasteiger partial charge is 0.320 e. The standard InChI is InChI=1S/C10H19NO/c1-11-7-3-6-10(12)8-9-4-2-5-9/h9,11H,2-8H2,1H3. The highest BCUT2D eigenvalue weighted by molar-refractivity contribution is 5.78. The van der Waals surface area contributed by atoms with Gasteiger partial charge in [0.2, 0.25) is 0 Å². The average molecular weight is 169 g/mol. The molecule has 0 spiro atoms. The minimum atomic E-state index is 0.468. The van der Waals surface area contributed by atoms with Gasteiger partial charge in [0.05, 0.1) is 0 Å². The van der Waals surface area contributed by atoms with Gasteiger partial charge in [-0.25, -0.2) is 0 Å². The first-order valence-electron chi connectivity index (χ1n) is 4.99. The minimum absolute atomic E-state index is 0.468. The van der Waals surface area contributed by atoms with Crippen molar-refractivity contribution in [3.63, 3.8) is 0 Å². The number of ketones is 1. The number of carbonyl (C=O) groups is 1. The third kappa shape index (κ3) is 3.35. The number of Topliss-reactive ketones (excluding diaryl/α,β-unsaturated/α-hetero) is 1. The summed E-state index contributed by atoms with van der Waals surface area (Å²) in [5, 5.41) is 3.05. The summed E-state index contributed by atoms with van der Waals surface area (Å²) in [6.45, 7) is 0.969. The topological polar surface area (TPSA) is 29.1 Å². The van der Waals surface area contributed by atoms with Crippen molar-refractivity contribution in [2.24, 2.45) is 5.92 Å². The Labute approximate surface area is 74.7 Å². The summed E-state index contributed by atoms with van der Waals surface area (Å²) in [7, 11) is 1.93. The van der Waals surface area contributed by atoms with Crippen molar-refractivity contribution in [2.75, 3.05) is 13.6 Å². The molecule has 0 aliphatic heterocycles. The van der Waals surface area contributed by atoms with Crippen LogP contribution in [0.4, 0.5) is 0 Å². The summed E-state index contributed by atoms with van der Waals surface area (Å²) in [6, 6.07) is 0. The van der Waals surface area contributed by atoms with E-state index in [1.807, 2.05) is 7.05 Å². The van der Waals surface area contributed by atoms with Crippen molar-refractivity contribution < 1.29 is 4.79 Å². The Kier molecular flexibility index (Phi) is 4.30. The number of carbonyl (C=O) groups excluding carboxylic acids is 1. The van der Waals surface area contributed by atoms with Crippen LogP contribution >= 0.6 is 0 Å². The molecule has 0 amide bonds. The van der Waals surface area contributed by atoms with Crippen molar-refractivity contribution >= 4 is 5.78 Å². The maximum absolute atomic E-state index is 11.3. The van der Waals surface area contributed by atoms with Gasteiger partial charge in [-0.1, -0.05) is 19.3 Å². The van der Waals surface area contributed by atoms with Crippen LogP contribution in [0.5, 0.6) is 0 Å². The summed E-state index contributed by atoms with van der Waals surface area (Å²) >= 11 is 0. The van der Waals surface area contributed by atoms with Crippen LogP contribution in [-0.4, -0.2) is 19.4 Å². The molecule has 2 heteroatoms. The van der Waals surface area contributed by atoms with Crippen LogP contribution < -0.4 is 5.32 Å². The average Bonchev–Trinajstić information content (AvgIpc) is 1.98. The predicted octanol–water partition coefficient (Wildman–Crippen LogP) is 1.75. The first-order chi connectivity index (χ1) is 5.83. The number of nitrogens with one attached hydrogen (secondary N) is 1. The molecule has 1 N–H and O–H groups in total. The van der Waals surface area contributed by atoms with Gasteiger partial charge in [0.1, 0.15) is 5.78 Å². The molecule has 0 radical (unpaired) electrons. The van der Waals surface area contributed by atoms with E-state index in [1.165, 1.54) is 19.3 Å². The maximum Gasteiger partial charge on any atom is 0.133 e. The van der Waals surface area contributed by atoms with E-state index in [4.69, 9.17) is 0 Å². The zero-order valence-corrected chi connectivity index (χ0v) is 7.94. The molecule has 0 bridgehead atoms. The molecule has 1 fully saturated rings. The van der Waals surface area contributed by atoms with Crippen LogP contribution in [0.25, 0.3) is 0 Å². The SMILES string of the molecule is CNCCCC(=O)CC1CCC1. The number of hydrogen-bond donors (Lipinski definition) is 1. The zero-order valence-electron chi connectivity index (χ0n) is 7.94. The molecule has 0 aromatic carbocycles. The fourth-order valence-electron chi connectivity index (χ4n) is 1.58. The summed E-state index contributed by atoms with van der Waals surface area (Å²) in [5.41, 5.74) is 0. The number of hydrogen-bond acceptors (Lipinski definition) is 2. The van der Waals surface area contributed by atoms with Gasteiger partial charge in [-0.3, -0.25) is 4.79 Å². The molecule has 1 aliphatic rings. The van der Waals surface area contributed by atoms with Crippen LogP contribution in [0.2, 0.25) is 0 Å². The van der Waals surface area contributed by atoms with Gasteiger partial charge >= 0.3 is 0 Å². The number of rotatable bonds is 6. The molecular weight excluding hydrogens is 150 g/mol. The van der Waals surface area contributed by atoms with E-state index < -0.39 is 0 Å². The van der Waals surface area contributed by atoms with E-state index in [2.05, 4.69) is 5.32 Å². The fourth-order valence-corrected chi connectivity index (χ4v) is 1.58.